The van der Waals surface area contributed by atoms with E-state index in [-0.39, 0.29) is 5.97 Å². The van der Waals surface area contributed by atoms with Crippen LogP contribution < -0.4 is 14.8 Å². The lowest BCUT2D eigenvalue weighted by molar-refractivity contribution is -0.147. The van der Waals surface area contributed by atoms with Crippen LogP contribution in [0, 0.1) is 5.92 Å². The van der Waals surface area contributed by atoms with Crippen molar-refractivity contribution in [1.29, 1.82) is 0 Å². The number of hydrogen-bond acceptors (Lipinski definition) is 7. The number of rotatable bonds is 6. The van der Waals surface area contributed by atoms with Crippen molar-refractivity contribution in [3.05, 3.63) is 41.9 Å². The van der Waals surface area contributed by atoms with Crippen LogP contribution in [0.3, 0.4) is 0 Å². The summed E-state index contributed by atoms with van der Waals surface area (Å²) < 4.78 is 18.1. The first-order chi connectivity index (χ1) is 13.2. The first-order valence-electron chi connectivity index (χ1n) is 8.90. The zero-order valence-corrected chi connectivity index (χ0v) is 15.9. The van der Waals surface area contributed by atoms with E-state index in [1.54, 1.807) is 25.8 Å². The topological polar surface area (TPSA) is 87.5 Å². The molecule has 2 heterocycles. The van der Waals surface area contributed by atoms with E-state index in [2.05, 4.69) is 15.4 Å². The highest BCUT2D eigenvalue weighted by molar-refractivity contribution is 5.79. The van der Waals surface area contributed by atoms with E-state index in [0.717, 1.165) is 17.7 Å². The molecule has 0 saturated carbocycles. The molecule has 2 atom stereocenters. The molecule has 1 aromatic carbocycles. The number of benzene rings is 1. The number of nitrogens with zero attached hydrogens (tertiary/aromatic N) is 3. The Bertz CT molecular complexity index is 846. The second-order valence-corrected chi connectivity index (χ2v) is 5.98. The fourth-order valence-corrected chi connectivity index (χ4v) is 3.40. The standard InChI is InChI=1S/C19H24N4O4/c1-5-8-13-15(18(24)27-6-2)16(23-19(22-13)20-11-21-23)12-9-7-10-14(25-3)17(12)26-4/h7-11,15-16H,5-6H2,1-4H3,(H,20,21,22)/b13-8-/t15-,16-/m0/s1. The summed E-state index contributed by atoms with van der Waals surface area (Å²) in [5.74, 6) is 0.753. The Kier molecular flexibility index (Phi) is 5.63. The molecule has 0 bridgehead atoms. The maximum Gasteiger partial charge on any atom is 0.317 e. The first kappa shape index (κ1) is 18.8. The van der Waals surface area contributed by atoms with Gasteiger partial charge in [0.25, 0.3) is 0 Å². The van der Waals surface area contributed by atoms with Crippen molar-refractivity contribution in [2.24, 2.45) is 5.92 Å². The molecule has 1 aliphatic rings. The van der Waals surface area contributed by atoms with Gasteiger partial charge in [-0.3, -0.25) is 4.79 Å². The number of carbonyl (C=O) groups excluding carboxylic acids is 1. The summed E-state index contributed by atoms with van der Waals surface area (Å²) in [5, 5.41) is 7.56. The molecule has 0 aliphatic carbocycles. The minimum absolute atomic E-state index is 0.293. The number of fused-ring (bicyclic) bond motifs is 1. The molecule has 1 aromatic heterocycles. The summed E-state index contributed by atoms with van der Waals surface area (Å²) in [6.45, 7) is 4.09. The van der Waals surface area contributed by atoms with Gasteiger partial charge in [-0.25, -0.2) is 4.68 Å². The molecule has 27 heavy (non-hydrogen) atoms. The van der Waals surface area contributed by atoms with Crippen molar-refractivity contribution in [3.63, 3.8) is 0 Å². The maximum atomic E-state index is 12.9. The van der Waals surface area contributed by atoms with Gasteiger partial charge in [-0.15, -0.1) is 0 Å². The van der Waals surface area contributed by atoms with Crippen molar-refractivity contribution in [3.8, 4) is 11.5 Å². The number of methoxy groups -OCH3 is 2. The Hall–Kier alpha value is -3.03. The van der Waals surface area contributed by atoms with Crippen molar-refractivity contribution in [2.75, 3.05) is 26.1 Å². The summed E-state index contributed by atoms with van der Waals surface area (Å²) in [7, 11) is 3.16. The average Bonchev–Trinajstić information content (AvgIpc) is 3.14. The minimum atomic E-state index is -0.611. The van der Waals surface area contributed by atoms with E-state index in [9.17, 15) is 4.79 Å². The van der Waals surface area contributed by atoms with Crippen molar-refractivity contribution in [2.45, 2.75) is 26.3 Å². The number of esters is 1. The second-order valence-electron chi connectivity index (χ2n) is 5.98. The van der Waals surface area contributed by atoms with Gasteiger partial charge >= 0.3 is 5.97 Å². The van der Waals surface area contributed by atoms with Crippen LogP contribution in [0.2, 0.25) is 0 Å². The van der Waals surface area contributed by atoms with Crippen LogP contribution in [0.4, 0.5) is 5.95 Å². The molecular formula is C19H24N4O4. The van der Waals surface area contributed by atoms with E-state index in [1.807, 2.05) is 31.2 Å². The van der Waals surface area contributed by atoms with Crippen LogP contribution in [0.1, 0.15) is 31.9 Å². The SMILES string of the molecule is CC/C=C1\Nc2ncnn2[C@@H](c2cccc(OC)c2OC)[C@H]1C(=O)OCC. The van der Waals surface area contributed by atoms with Crippen LogP contribution in [-0.4, -0.2) is 41.6 Å². The summed E-state index contributed by atoms with van der Waals surface area (Å²) in [4.78, 5) is 17.2. The zero-order valence-electron chi connectivity index (χ0n) is 15.9. The lowest BCUT2D eigenvalue weighted by atomic mass is 9.87. The molecule has 0 radical (unpaired) electrons. The predicted octanol–water partition coefficient (Wildman–Crippen LogP) is 2.78. The molecule has 0 unspecified atom stereocenters. The number of ether oxygens (including phenoxy) is 3. The number of nitrogens with one attached hydrogen (secondary N) is 1. The summed E-state index contributed by atoms with van der Waals surface area (Å²) >= 11 is 0. The van der Waals surface area contributed by atoms with Crippen LogP contribution in [0.25, 0.3) is 0 Å². The van der Waals surface area contributed by atoms with E-state index in [0.29, 0.717) is 24.1 Å². The number of para-hydroxylation sites is 1. The van der Waals surface area contributed by atoms with Crippen molar-refractivity contribution >= 4 is 11.9 Å². The summed E-state index contributed by atoms with van der Waals surface area (Å²) in [6.07, 6.45) is 4.19. The van der Waals surface area contributed by atoms with Crippen LogP contribution in [0.5, 0.6) is 11.5 Å². The third-order valence-electron chi connectivity index (χ3n) is 4.46. The van der Waals surface area contributed by atoms with Crippen molar-refractivity contribution < 1.29 is 19.0 Å². The molecule has 3 rings (SSSR count). The molecule has 0 saturated heterocycles. The lowest BCUT2D eigenvalue weighted by Crippen LogP contribution is -2.38. The smallest absolute Gasteiger partial charge is 0.317 e. The summed E-state index contributed by atoms with van der Waals surface area (Å²) in [6, 6.07) is 5.10. The number of carbonyl (C=O) groups is 1. The Morgan fingerprint density at radius 2 is 2.11 bits per heavy atom. The zero-order chi connectivity index (χ0) is 19.4. The minimum Gasteiger partial charge on any atom is -0.493 e. The Morgan fingerprint density at radius 1 is 1.30 bits per heavy atom. The highest BCUT2D eigenvalue weighted by Gasteiger charge is 2.42. The highest BCUT2D eigenvalue weighted by atomic mass is 16.5. The average molecular weight is 372 g/mol. The molecule has 8 heteroatoms. The number of aromatic nitrogens is 3. The first-order valence-corrected chi connectivity index (χ1v) is 8.90. The van der Waals surface area contributed by atoms with Gasteiger partial charge in [-0.05, 0) is 19.4 Å². The second kappa shape index (κ2) is 8.11. The number of allylic oxidation sites excluding steroid dienone is 1. The van der Waals surface area contributed by atoms with E-state index < -0.39 is 12.0 Å². The van der Waals surface area contributed by atoms with Gasteiger partial charge in [-0.2, -0.15) is 10.1 Å². The van der Waals surface area contributed by atoms with Gasteiger partial charge in [0, 0.05) is 11.3 Å². The van der Waals surface area contributed by atoms with Gasteiger partial charge in [0.1, 0.15) is 18.3 Å². The molecule has 0 spiro atoms. The fourth-order valence-electron chi connectivity index (χ4n) is 3.40. The molecule has 0 fully saturated rings. The molecule has 2 aromatic rings. The molecule has 1 N–H and O–H groups in total. The molecule has 1 aliphatic heterocycles. The molecule has 8 nitrogen and oxygen atoms in total. The third kappa shape index (κ3) is 3.34. The van der Waals surface area contributed by atoms with Crippen molar-refractivity contribution in [1.82, 2.24) is 14.8 Å². The third-order valence-corrected chi connectivity index (χ3v) is 4.46. The molecule has 0 amide bonds. The number of anilines is 1. The summed E-state index contributed by atoms with van der Waals surface area (Å²) in [5.41, 5.74) is 1.51. The Balaban J connectivity index is 2.23. The van der Waals surface area contributed by atoms with Crippen LogP contribution in [0.15, 0.2) is 36.3 Å². The van der Waals surface area contributed by atoms with Gasteiger partial charge in [0.2, 0.25) is 5.95 Å². The lowest BCUT2D eigenvalue weighted by Gasteiger charge is -2.34. The van der Waals surface area contributed by atoms with Gasteiger partial charge < -0.3 is 19.5 Å². The van der Waals surface area contributed by atoms with E-state index in [1.165, 1.54) is 6.33 Å². The van der Waals surface area contributed by atoms with Gasteiger partial charge in [0.15, 0.2) is 11.5 Å². The van der Waals surface area contributed by atoms with Gasteiger partial charge in [0.05, 0.1) is 20.8 Å². The van der Waals surface area contributed by atoms with Gasteiger partial charge in [-0.1, -0.05) is 25.1 Å². The van der Waals surface area contributed by atoms with Crippen LogP contribution >= 0.6 is 0 Å². The highest BCUT2D eigenvalue weighted by Crippen LogP contribution is 2.44. The predicted molar refractivity (Wildman–Crippen MR) is 99.8 cm³/mol. The molecular weight excluding hydrogens is 348 g/mol. The normalized spacial score (nSPS) is 19.9. The maximum absolute atomic E-state index is 12.9. The van der Waals surface area contributed by atoms with Crippen LogP contribution in [-0.2, 0) is 9.53 Å². The van der Waals surface area contributed by atoms with E-state index in [4.69, 9.17) is 14.2 Å². The number of hydrogen-bond donors (Lipinski definition) is 1. The monoisotopic (exact) mass is 372 g/mol. The van der Waals surface area contributed by atoms with E-state index >= 15 is 0 Å². The quantitative estimate of drug-likeness (QED) is 0.780. The Labute approximate surface area is 158 Å². The largest absolute Gasteiger partial charge is 0.493 e. The fraction of sp³-hybridized carbons (Fsp3) is 0.421. The Morgan fingerprint density at radius 3 is 2.78 bits per heavy atom. The molecule has 144 valence electrons.